The van der Waals surface area contributed by atoms with Crippen molar-refractivity contribution < 1.29 is 19.4 Å². The first-order chi connectivity index (χ1) is 8.50. The van der Waals surface area contributed by atoms with Crippen molar-refractivity contribution in [3.05, 3.63) is 0 Å². The van der Waals surface area contributed by atoms with Gasteiger partial charge in [0, 0.05) is 13.1 Å². The Kier molecular flexibility index (Phi) is 6.45. The summed E-state index contributed by atoms with van der Waals surface area (Å²) >= 11 is 1.43. The Morgan fingerprint density at radius 3 is 2.94 bits per heavy atom. The van der Waals surface area contributed by atoms with Crippen molar-refractivity contribution in [3.63, 3.8) is 0 Å². The Balaban J connectivity index is 2.15. The first-order valence-corrected chi connectivity index (χ1v) is 7.11. The molecule has 1 fully saturated rings. The SMILES string of the molecule is CC1CN(C(=O)CSCCC(N)C(=O)O)CCO1. The normalized spacial score (nSPS) is 21.7. The van der Waals surface area contributed by atoms with Gasteiger partial charge in [-0.05, 0) is 19.1 Å². The summed E-state index contributed by atoms with van der Waals surface area (Å²) in [7, 11) is 0. The van der Waals surface area contributed by atoms with Gasteiger partial charge in [0.25, 0.3) is 0 Å². The summed E-state index contributed by atoms with van der Waals surface area (Å²) in [5.74, 6) is 0.0426. The molecular weight excluding hydrogens is 256 g/mol. The van der Waals surface area contributed by atoms with Gasteiger partial charge in [-0.25, -0.2) is 0 Å². The lowest BCUT2D eigenvalue weighted by Crippen LogP contribution is -2.45. The minimum atomic E-state index is -0.996. The van der Waals surface area contributed by atoms with E-state index >= 15 is 0 Å². The van der Waals surface area contributed by atoms with E-state index in [-0.39, 0.29) is 12.0 Å². The van der Waals surface area contributed by atoms with E-state index in [0.29, 0.717) is 37.6 Å². The van der Waals surface area contributed by atoms with E-state index in [1.807, 2.05) is 6.92 Å². The monoisotopic (exact) mass is 276 g/mol. The zero-order valence-corrected chi connectivity index (χ0v) is 11.3. The first kappa shape index (κ1) is 15.3. The Bertz CT molecular complexity index is 301. The summed E-state index contributed by atoms with van der Waals surface area (Å²) in [5, 5.41) is 8.60. The highest BCUT2D eigenvalue weighted by Crippen LogP contribution is 2.09. The van der Waals surface area contributed by atoms with Crippen LogP contribution in [0.2, 0.25) is 0 Å². The summed E-state index contributed by atoms with van der Waals surface area (Å²) < 4.78 is 5.36. The van der Waals surface area contributed by atoms with Gasteiger partial charge in [0.15, 0.2) is 0 Å². The van der Waals surface area contributed by atoms with Crippen molar-refractivity contribution in [2.45, 2.75) is 25.5 Å². The van der Waals surface area contributed by atoms with Crippen molar-refractivity contribution in [3.8, 4) is 0 Å². The van der Waals surface area contributed by atoms with Crippen LogP contribution in [0.4, 0.5) is 0 Å². The fourth-order valence-corrected chi connectivity index (χ4v) is 2.55. The number of rotatable bonds is 6. The Morgan fingerprint density at radius 1 is 1.61 bits per heavy atom. The molecule has 0 aromatic carbocycles. The molecule has 0 saturated carbocycles. The van der Waals surface area contributed by atoms with Gasteiger partial charge in [-0.15, -0.1) is 0 Å². The van der Waals surface area contributed by atoms with Crippen LogP contribution in [0.15, 0.2) is 0 Å². The molecule has 0 bridgehead atoms. The molecule has 1 heterocycles. The van der Waals surface area contributed by atoms with Gasteiger partial charge in [-0.2, -0.15) is 11.8 Å². The zero-order valence-electron chi connectivity index (χ0n) is 10.5. The molecule has 3 N–H and O–H groups in total. The van der Waals surface area contributed by atoms with Gasteiger partial charge < -0.3 is 20.5 Å². The summed E-state index contributed by atoms with van der Waals surface area (Å²) in [6, 6.07) is -0.837. The Morgan fingerprint density at radius 2 is 2.33 bits per heavy atom. The molecule has 0 spiro atoms. The molecule has 1 rings (SSSR count). The maximum atomic E-state index is 11.8. The van der Waals surface area contributed by atoms with Crippen LogP contribution in [0.1, 0.15) is 13.3 Å². The fraction of sp³-hybridized carbons (Fsp3) is 0.818. The molecule has 2 atom stereocenters. The van der Waals surface area contributed by atoms with Gasteiger partial charge in [-0.3, -0.25) is 9.59 Å². The summed E-state index contributed by atoms with van der Waals surface area (Å²) in [4.78, 5) is 24.1. The summed E-state index contributed by atoms with van der Waals surface area (Å²) in [6.45, 7) is 3.80. The van der Waals surface area contributed by atoms with Crippen LogP contribution >= 0.6 is 11.8 Å². The number of thioether (sulfide) groups is 1. The van der Waals surface area contributed by atoms with Crippen LogP contribution in [0.25, 0.3) is 0 Å². The molecular formula is C11H20N2O4S. The van der Waals surface area contributed by atoms with E-state index in [2.05, 4.69) is 0 Å². The third kappa shape index (κ3) is 5.24. The number of ether oxygens (including phenoxy) is 1. The number of hydrogen-bond acceptors (Lipinski definition) is 5. The second-order valence-electron chi connectivity index (χ2n) is 4.31. The topological polar surface area (TPSA) is 92.9 Å². The van der Waals surface area contributed by atoms with Crippen LogP contribution < -0.4 is 5.73 Å². The largest absolute Gasteiger partial charge is 0.480 e. The lowest BCUT2D eigenvalue weighted by molar-refractivity contribution is -0.138. The molecule has 6 nitrogen and oxygen atoms in total. The number of amides is 1. The Hall–Kier alpha value is -0.790. The molecule has 2 unspecified atom stereocenters. The van der Waals surface area contributed by atoms with E-state index in [4.69, 9.17) is 15.6 Å². The predicted octanol–water partition coefficient (Wildman–Crippen LogP) is -0.231. The molecule has 1 aliphatic heterocycles. The molecule has 1 saturated heterocycles. The average molecular weight is 276 g/mol. The summed E-state index contributed by atoms with van der Waals surface area (Å²) in [6.07, 6.45) is 0.473. The number of morpholine rings is 1. The van der Waals surface area contributed by atoms with E-state index in [1.165, 1.54) is 11.8 Å². The molecule has 1 aliphatic rings. The highest BCUT2D eigenvalue weighted by Gasteiger charge is 2.21. The van der Waals surface area contributed by atoms with Crippen molar-refractivity contribution in [1.82, 2.24) is 4.90 Å². The molecule has 0 aromatic heterocycles. The van der Waals surface area contributed by atoms with E-state index in [1.54, 1.807) is 4.90 Å². The van der Waals surface area contributed by atoms with Gasteiger partial charge in [0.05, 0.1) is 18.5 Å². The van der Waals surface area contributed by atoms with E-state index < -0.39 is 12.0 Å². The van der Waals surface area contributed by atoms with Crippen LogP contribution in [0, 0.1) is 0 Å². The highest BCUT2D eigenvalue weighted by atomic mass is 32.2. The van der Waals surface area contributed by atoms with Crippen molar-refractivity contribution in [2.24, 2.45) is 5.73 Å². The third-order valence-corrected chi connectivity index (χ3v) is 3.69. The zero-order chi connectivity index (χ0) is 13.5. The fourth-order valence-electron chi connectivity index (χ4n) is 1.63. The second kappa shape index (κ2) is 7.60. The predicted molar refractivity (Wildman–Crippen MR) is 69.5 cm³/mol. The molecule has 7 heteroatoms. The first-order valence-electron chi connectivity index (χ1n) is 5.96. The standard InChI is InChI=1S/C11H20N2O4S/c1-8-6-13(3-4-17-8)10(14)7-18-5-2-9(12)11(15)16/h8-9H,2-7,12H2,1H3,(H,15,16). The third-order valence-electron chi connectivity index (χ3n) is 2.71. The maximum absolute atomic E-state index is 11.8. The van der Waals surface area contributed by atoms with Gasteiger partial charge in [0.1, 0.15) is 6.04 Å². The number of nitrogens with zero attached hydrogens (tertiary/aromatic N) is 1. The quantitative estimate of drug-likeness (QED) is 0.651. The van der Waals surface area contributed by atoms with E-state index in [0.717, 1.165) is 0 Å². The Labute approximate surface area is 111 Å². The number of carboxylic acids is 1. The summed E-state index contributed by atoms with van der Waals surface area (Å²) in [5.41, 5.74) is 5.37. The van der Waals surface area contributed by atoms with Crippen molar-refractivity contribution in [2.75, 3.05) is 31.2 Å². The minimum absolute atomic E-state index is 0.0825. The van der Waals surface area contributed by atoms with Gasteiger partial charge in [0.2, 0.25) is 5.91 Å². The number of hydrogen-bond donors (Lipinski definition) is 2. The number of nitrogens with two attached hydrogens (primary N) is 1. The highest BCUT2D eigenvalue weighted by molar-refractivity contribution is 7.99. The van der Waals surface area contributed by atoms with Crippen LogP contribution in [-0.4, -0.2) is 65.2 Å². The minimum Gasteiger partial charge on any atom is -0.480 e. The number of carbonyl (C=O) groups is 2. The van der Waals surface area contributed by atoms with Crippen molar-refractivity contribution in [1.29, 1.82) is 0 Å². The number of carboxylic acid groups (broad SMARTS) is 1. The smallest absolute Gasteiger partial charge is 0.320 e. The lowest BCUT2D eigenvalue weighted by Gasteiger charge is -2.31. The van der Waals surface area contributed by atoms with Gasteiger partial charge in [-0.1, -0.05) is 0 Å². The molecule has 0 radical (unpaired) electrons. The molecule has 18 heavy (non-hydrogen) atoms. The van der Waals surface area contributed by atoms with Gasteiger partial charge >= 0.3 is 5.97 Å². The number of aliphatic carboxylic acids is 1. The molecule has 1 amide bonds. The average Bonchev–Trinajstić information content (AvgIpc) is 2.33. The van der Waals surface area contributed by atoms with Crippen LogP contribution in [0.3, 0.4) is 0 Å². The molecule has 104 valence electrons. The maximum Gasteiger partial charge on any atom is 0.320 e. The lowest BCUT2D eigenvalue weighted by atomic mass is 10.2. The van der Waals surface area contributed by atoms with Crippen LogP contribution in [0.5, 0.6) is 0 Å². The van der Waals surface area contributed by atoms with E-state index in [9.17, 15) is 9.59 Å². The van der Waals surface area contributed by atoms with Crippen LogP contribution in [-0.2, 0) is 14.3 Å². The molecule has 0 aromatic rings. The van der Waals surface area contributed by atoms with Crippen molar-refractivity contribution >= 4 is 23.6 Å². The second-order valence-corrected chi connectivity index (χ2v) is 5.41. The number of carbonyl (C=O) groups excluding carboxylic acids is 1. The molecule has 0 aliphatic carbocycles.